The highest BCUT2D eigenvalue weighted by molar-refractivity contribution is 5.94. The maximum atomic E-state index is 12.5. The van der Waals surface area contributed by atoms with Crippen LogP contribution in [0, 0.1) is 0 Å². The Hall–Kier alpha value is -2.37. The summed E-state index contributed by atoms with van der Waals surface area (Å²) in [7, 11) is 0. The number of pyridine rings is 1. The molecule has 2 N–H and O–H groups in total. The second kappa shape index (κ2) is 5.12. The van der Waals surface area contributed by atoms with E-state index in [0.29, 0.717) is 17.8 Å². The number of rotatable bonds is 2. The number of aromatic nitrogens is 3. The zero-order valence-electron chi connectivity index (χ0n) is 12.2. The molecule has 1 fully saturated rings. The second-order valence-corrected chi connectivity index (χ2v) is 6.10. The Morgan fingerprint density at radius 3 is 2.59 bits per heavy atom. The van der Waals surface area contributed by atoms with Gasteiger partial charge in [0.1, 0.15) is 5.82 Å². The van der Waals surface area contributed by atoms with Gasteiger partial charge < -0.3 is 5.32 Å². The van der Waals surface area contributed by atoms with Crippen molar-refractivity contribution < 1.29 is 4.79 Å². The van der Waals surface area contributed by atoms with Gasteiger partial charge in [0.15, 0.2) is 0 Å². The number of anilines is 1. The molecule has 2 aliphatic rings. The molecule has 1 amide bonds. The maximum absolute atomic E-state index is 12.5. The fourth-order valence-electron chi connectivity index (χ4n) is 3.70. The molecule has 1 aliphatic heterocycles. The molecule has 4 rings (SSSR count). The minimum absolute atomic E-state index is 0.0416. The summed E-state index contributed by atoms with van der Waals surface area (Å²) in [5, 5.41) is 5.85. The first-order chi connectivity index (χ1) is 10.7. The first-order valence-electron chi connectivity index (χ1n) is 7.78. The molecule has 2 aromatic rings. The van der Waals surface area contributed by atoms with Gasteiger partial charge in [-0.25, -0.2) is 0 Å². The maximum Gasteiger partial charge on any atom is 0.270 e. The van der Waals surface area contributed by atoms with Gasteiger partial charge in [-0.05, 0) is 30.5 Å². The number of amides is 1. The average molecular weight is 298 g/mol. The molecule has 0 aromatic carbocycles. The van der Waals surface area contributed by atoms with Crippen molar-refractivity contribution in [2.24, 2.45) is 0 Å². The van der Waals surface area contributed by atoms with Crippen molar-refractivity contribution in [2.45, 2.75) is 44.1 Å². The Kier molecular flexibility index (Phi) is 3.10. The third-order valence-corrected chi connectivity index (χ3v) is 4.76. The van der Waals surface area contributed by atoms with Crippen molar-refractivity contribution in [3.05, 3.63) is 46.0 Å². The Balaban J connectivity index is 1.84. The smallest absolute Gasteiger partial charge is 0.270 e. The molecule has 0 bridgehead atoms. The second-order valence-electron chi connectivity index (χ2n) is 6.10. The minimum Gasteiger partial charge on any atom is -0.311 e. The Bertz CT molecular complexity index is 756. The van der Waals surface area contributed by atoms with Crippen LogP contribution in [0.3, 0.4) is 0 Å². The van der Waals surface area contributed by atoms with Gasteiger partial charge in [-0.2, -0.15) is 0 Å². The van der Waals surface area contributed by atoms with E-state index in [4.69, 9.17) is 0 Å². The molecule has 22 heavy (non-hydrogen) atoms. The van der Waals surface area contributed by atoms with Crippen molar-refractivity contribution >= 4 is 11.7 Å². The molecular weight excluding hydrogens is 280 g/mol. The summed E-state index contributed by atoms with van der Waals surface area (Å²) in [4.78, 5) is 28.6. The van der Waals surface area contributed by atoms with Crippen molar-refractivity contribution in [3.63, 3.8) is 0 Å². The Morgan fingerprint density at radius 1 is 1.14 bits per heavy atom. The van der Waals surface area contributed by atoms with E-state index in [-0.39, 0.29) is 23.4 Å². The van der Waals surface area contributed by atoms with E-state index < -0.39 is 0 Å². The predicted molar refractivity (Wildman–Crippen MR) is 81.9 cm³/mol. The minimum atomic E-state index is -0.196. The Labute approximate surface area is 127 Å². The third-order valence-electron chi connectivity index (χ3n) is 4.76. The molecule has 0 radical (unpaired) electrons. The molecule has 0 saturated heterocycles. The molecule has 3 heterocycles. The highest BCUT2D eigenvalue weighted by Crippen LogP contribution is 2.38. The van der Waals surface area contributed by atoms with Crippen molar-refractivity contribution in [2.75, 3.05) is 5.32 Å². The topological polar surface area (TPSA) is 79.8 Å². The molecule has 0 unspecified atom stereocenters. The van der Waals surface area contributed by atoms with Gasteiger partial charge in [0.25, 0.3) is 5.56 Å². The normalized spacial score (nSPS) is 21.6. The summed E-state index contributed by atoms with van der Waals surface area (Å²) >= 11 is 0. The van der Waals surface area contributed by atoms with Gasteiger partial charge in [0.05, 0.1) is 11.6 Å². The first-order valence-corrected chi connectivity index (χ1v) is 7.78. The van der Waals surface area contributed by atoms with Crippen LogP contribution in [0.1, 0.15) is 55.2 Å². The highest BCUT2D eigenvalue weighted by atomic mass is 16.2. The number of H-pyrrole nitrogens is 1. The lowest BCUT2D eigenvalue weighted by Gasteiger charge is -2.24. The van der Waals surface area contributed by atoms with E-state index in [1.54, 1.807) is 12.4 Å². The van der Waals surface area contributed by atoms with Gasteiger partial charge in [0, 0.05) is 24.7 Å². The molecule has 6 heteroatoms. The van der Waals surface area contributed by atoms with Gasteiger partial charge in [-0.3, -0.25) is 24.4 Å². The molecule has 1 saturated carbocycles. The number of carbonyl (C=O) groups is 1. The molecule has 2 aromatic heterocycles. The number of nitrogens with zero attached hydrogens (tertiary/aromatic N) is 2. The fraction of sp³-hybridized carbons (Fsp3) is 0.438. The van der Waals surface area contributed by atoms with E-state index in [0.717, 1.165) is 18.4 Å². The van der Waals surface area contributed by atoms with Crippen molar-refractivity contribution in [1.82, 2.24) is 14.8 Å². The predicted octanol–water partition coefficient (Wildman–Crippen LogP) is 2.16. The molecular formula is C16H18N4O2. The number of carbonyl (C=O) groups excluding carboxylic acids is 1. The van der Waals surface area contributed by atoms with Crippen LogP contribution in [-0.4, -0.2) is 20.7 Å². The average Bonchev–Trinajstić information content (AvgIpc) is 3.16. The number of nitrogens with one attached hydrogen (secondary N) is 2. The van der Waals surface area contributed by atoms with Gasteiger partial charge >= 0.3 is 0 Å². The molecule has 0 spiro atoms. The zero-order chi connectivity index (χ0) is 15.1. The quantitative estimate of drug-likeness (QED) is 0.891. The molecule has 114 valence electrons. The van der Waals surface area contributed by atoms with Crippen LogP contribution in [-0.2, 0) is 4.79 Å². The SMILES string of the molecule is O=C1C[C@H](c2ccncc2)c2c(n(C3CCCC3)[nH]c2=O)N1. The molecule has 1 atom stereocenters. The monoisotopic (exact) mass is 298 g/mol. The number of hydrogen-bond acceptors (Lipinski definition) is 3. The summed E-state index contributed by atoms with van der Waals surface area (Å²) in [6.45, 7) is 0. The standard InChI is InChI=1S/C16H18N4O2/c21-13-9-12(10-5-7-17-8-6-10)14-15(18-13)20(19-16(14)22)11-3-1-2-4-11/h5-8,11-12H,1-4,9H2,(H,18,21)(H,19,22)/t12-/m1/s1. The summed E-state index contributed by atoms with van der Waals surface area (Å²) in [5.41, 5.74) is 1.54. The van der Waals surface area contributed by atoms with E-state index in [1.807, 2.05) is 16.8 Å². The lowest BCUT2D eigenvalue weighted by molar-refractivity contribution is -0.116. The van der Waals surface area contributed by atoms with Crippen LogP contribution in [0.5, 0.6) is 0 Å². The van der Waals surface area contributed by atoms with E-state index in [2.05, 4.69) is 15.4 Å². The van der Waals surface area contributed by atoms with Crippen LogP contribution in [0.15, 0.2) is 29.3 Å². The summed E-state index contributed by atoms with van der Waals surface area (Å²) < 4.78 is 1.88. The third kappa shape index (κ3) is 2.06. The van der Waals surface area contributed by atoms with Gasteiger partial charge in [-0.15, -0.1) is 0 Å². The fourth-order valence-corrected chi connectivity index (χ4v) is 3.70. The summed E-state index contributed by atoms with van der Waals surface area (Å²) in [6, 6.07) is 4.03. The first kappa shape index (κ1) is 13.3. The van der Waals surface area contributed by atoms with Crippen LogP contribution < -0.4 is 10.9 Å². The van der Waals surface area contributed by atoms with E-state index in [9.17, 15) is 9.59 Å². The summed E-state index contributed by atoms with van der Waals surface area (Å²) in [5.74, 6) is 0.424. The molecule has 6 nitrogen and oxygen atoms in total. The van der Waals surface area contributed by atoms with Crippen molar-refractivity contribution in [3.8, 4) is 0 Å². The lowest BCUT2D eigenvalue weighted by Crippen LogP contribution is -2.27. The van der Waals surface area contributed by atoms with Gasteiger partial charge in [0.2, 0.25) is 5.91 Å². The summed E-state index contributed by atoms with van der Waals surface area (Å²) in [6.07, 6.45) is 8.13. The number of aromatic amines is 1. The van der Waals surface area contributed by atoms with E-state index in [1.165, 1.54) is 12.8 Å². The van der Waals surface area contributed by atoms with E-state index >= 15 is 0 Å². The van der Waals surface area contributed by atoms with Crippen LogP contribution >= 0.6 is 0 Å². The van der Waals surface area contributed by atoms with Gasteiger partial charge in [-0.1, -0.05) is 12.8 Å². The van der Waals surface area contributed by atoms with Crippen LogP contribution in [0.25, 0.3) is 0 Å². The number of hydrogen-bond donors (Lipinski definition) is 2. The van der Waals surface area contributed by atoms with Crippen molar-refractivity contribution in [1.29, 1.82) is 0 Å². The molecule has 1 aliphatic carbocycles. The lowest BCUT2D eigenvalue weighted by atomic mass is 9.88. The number of fused-ring (bicyclic) bond motifs is 1. The van der Waals surface area contributed by atoms with Crippen LogP contribution in [0.4, 0.5) is 5.82 Å². The highest BCUT2D eigenvalue weighted by Gasteiger charge is 2.34. The zero-order valence-corrected chi connectivity index (χ0v) is 12.2. The Morgan fingerprint density at radius 2 is 1.86 bits per heavy atom. The van der Waals surface area contributed by atoms with Crippen LogP contribution in [0.2, 0.25) is 0 Å². The largest absolute Gasteiger partial charge is 0.311 e.